The first kappa shape index (κ1) is 110. The number of alkyl halides is 3. The lowest BCUT2D eigenvalue weighted by Crippen LogP contribution is -2.51. The maximum Gasteiger partial charge on any atom is 0.433 e. The Morgan fingerprint density at radius 3 is 1.43 bits per heavy atom. The number of ether oxygens (including phenoxy) is 1. The molecule has 125 heavy (non-hydrogen) atoms. The van der Waals surface area contributed by atoms with Gasteiger partial charge in [0.1, 0.15) is 35.1 Å². The van der Waals surface area contributed by atoms with Crippen LogP contribution in [-0.2, 0) is 54.8 Å². The summed E-state index contributed by atoms with van der Waals surface area (Å²) in [5.74, 6) is 10.9. The third kappa shape index (κ3) is 39.1. The molecule has 8 saturated heterocycles. The number of halogens is 3. The largest absolute Gasteiger partial charge is 0.468 e. The molecular formula is C101H173F3N14O6S. The highest BCUT2D eigenvalue weighted by Crippen LogP contribution is 2.44. The lowest BCUT2D eigenvalue weighted by atomic mass is 9.68. The van der Waals surface area contributed by atoms with Gasteiger partial charge >= 0.3 is 12.1 Å². The average molecular weight is 1770 g/mol. The van der Waals surface area contributed by atoms with E-state index in [1.54, 1.807) is 18.6 Å². The number of nitrogens with zero attached hydrogens (tertiary/aromatic N) is 13. The van der Waals surface area contributed by atoms with E-state index in [1.165, 1.54) is 147 Å². The minimum absolute atomic E-state index is 0.108. The molecule has 0 bridgehead atoms. The first-order valence-corrected chi connectivity index (χ1v) is 50.9. The molecule has 10 aliphatic rings. The van der Waals surface area contributed by atoms with E-state index < -0.39 is 27.1 Å². The topological polar surface area (TPSA) is 228 Å². The van der Waals surface area contributed by atoms with Crippen LogP contribution in [0.15, 0.2) is 55.2 Å². The van der Waals surface area contributed by atoms with E-state index in [9.17, 15) is 41.2 Å². The number of likely N-dealkylation sites (tertiary alicyclic amines) is 7. The standard InChI is InChI=1S/C15H21F3N2.C15H21N3.C14H23N3.C14H22N2O.C13H23NO.C11H21NO2.C9H19N.C8H17NO2S.C2H6/c1-11(2)12-6-8-20(9-7-12)10-13-4-3-5-14(19-13)15(16,17)18;1-12(2)14-4-7-18(8-5-14)11-13-3-6-17-15(9-13)10-16;1-12(2)14(3)4-6-17(7-5-14)10-13-8-15-11-16-9-13;1-11(2)12-5-3-8-16(9-12)13(17)14(10-15)6-4-7-14;1-10(2)12-7-4-8-14(9-12)13(15)11-5-3-6-11;1-9(2)10-4-6-12(7-5-10)8-11(13)14-3;1-8(2)9(3)4-6-10-7-5-9;1-8-3-5-9(6-4-8)7-12(2,10)11;1-2/h3-5,11-12H,6-10H2,1-2H3;3,6,9,12,14H,4-5,7-8,11H2,1-2H3;8-9,11-12H,4-7,10H2,1-3H3;11-12H,3-9H2,1-2H3;10-12H,3-9H2,1-2H3;9-10H,4-8H2,1-3H3;8,10H,4-7H2,1-3H3;8H,3-7H2,1-2H3;1-2H3/t;;;2*12-;;;;/m...11..../s1. The van der Waals surface area contributed by atoms with Crippen molar-refractivity contribution in [3.63, 3.8) is 0 Å². The molecule has 2 aliphatic carbocycles. The Morgan fingerprint density at radius 2 is 1.01 bits per heavy atom. The van der Waals surface area contributed by atoms with E-state index in [2.05, 4.69) is 184 Å². The van der Waals surface area contributed by atoms with Gasteiger partial charge in [-0.25, -0.2) is 28.4 Å². The van der Waals surface area contributed by atoms with Gasteiger partial charge in [0.15, 0.2) is 9.84 Å². The average Bonchev–Trinajstić information content (AvgIpc) is 0.777. The molecular weight excluding hydrogens is 1590 g/mol. The third-order valence-electron chi connectivity index (χ3n) is 29.7. The second kappa shape index (κ2) is 55.4. The number of esters is 1. The molecule has 13 rings (SSSR count). The van der Waals surface area contributed by atoms with Crippen molar-refractivity contribution in [2.24, 2.45) is 99.1 Å². The number of aromatic nitrogens is 4. The maximum absolute atomic E-state index is 12.6. The molecule has 20 nitrogen and oxygen atoms in total. The van der Waals surface area contributed by atoms with Gasteiger partial charge < -0.3 is 19.9 Å². The van der Waals surface area contributed by atoms with E-state index in [0.717, 1.165) is 208 Å². The number of carbonyl (C=O) groups is 3. The number of carbonyl (C=O) groups excluding carboxylic acids is 3. The van der Waals surface area contributed by atoms with Crippen molar-refractivity contribution in [1.29, 1.82) is 10.5 Å². The molecule has 11 heterocycles. The predicted molar refractivity (Wildman–Crippen MR) is 503 cm³/mol. The molecule has 3 aromatic rings. The number of piperidine rings is 8. The van der Waals surface area contributed by atoms with Gasteiger partial charge in [-0.05, 0) is 331 Å². The van der Waals surface area contributed by atoms with Crippen LogP contribution in [0, 0.1) is 122 Å². The quantitative estimate of drug-likeness (QED) is 0.110. The van der Waals surface area contributed by atoms with Crippen LogP contribution in [0.1, 0.15) is 301 Å². The van der Waals surface area contributed by atoms with Gasteiger partial charge in [-0.15, -0.1) is 0 Å². The Bertz CT molecular complexity index is 3700. The van der Waals surface area contributed by atoms with Crippen LogP contribution in [0.2, 0.25) is 0 Å². The molecule has 1 N–H and O–H groups in total. The van der Waals surface area contributed by atoms with Gasteiger partial charge in [-0.3, -0.25) is 38.9 Å². The first-order chi connectivity index (χ1) is 59.2. The Balaban J connectivity index is 0.000000255. The second-order valence-electron chi connectivity index (χ2n) is 41.1. The second-order valence-corrected chi connectivity index (χ2v) is 43.2. The van der Waals surface area contributed by atoms with E-state index in [4.69, 9.17) is 5.26 Å². The summed E-state index contributed by atoms with van der Waals surface area (Å²) in [4.78, 5) is 66.9. The zero-order valence-corrected chi connectivity index (χ0v) is 82.8. The zero-order chi connectivity index (χ0) is 92.7. The third-order valence-corrected chi connectivity index (χ3v) is 30.5. The van der Waals surface area contributed by atoms with Crippen molar-refractivity contribution in [2.45, 2.75) is 299 Å². The van der Waals surface area contributed by atoms with E-state index in [1.807, 2.05) is 48.2 Å². The van der Waals surface area contributed by atoms with Gasteiger partial charge in [0.2, 0.25) is 11.8 Å². The van der Waals surface area contributed by atoms with E-state index >= 15 is 0 Å². The van der Waals surface area contributed by atoms with Crippen LogP contribution >= 0.6 is 0 Å². The fraction of sp³-hybridized carbons (Fsp3) is 0.812. The number of sulfone groups is 1. The lowest BCUT2D eigenvalue weighted by molar-refractivity contribution is -0.145. The van der Waals surface area contributed by atoms with Crippen LogP contribution in [0.5, 0.6) is 0 Å². The normalized spacial score (nSPS) is 22.0. The molecule has 2 atom stereocenters. The monoisotopic (exact) mass is 1770 g/mol. The summed E-state index contributed by atoms with van der Waals surface area (Å²) in [7, 11) is -1.37. The van der Waals surface area contributed by atoms with Crippen LogP contribution in [0.4, 0.5) is 13.2 Å². The van der Waals surface area contributed by atoms with Gasteiger partial charge in [-0.2, -0.15) is 23.7 Å². The highest BCUT2D eigenvalue weighted by Gasteiger charge is 2.48. The highest BCUT2D eigenvalue weighted by molar-refractivity contribution is 7.90. The molecule has 3 aromatic heterocycles. The van der Waals surface area contributed by atoms with Crippen LogP contribution in [-0.4, -0.2) is 211 Å². The number of nitrogens with one attached hydrogen (secondary N) is 1. The molecule has 710 valence electrons. The molecule has 8 aliphatic heterocycles. The first-order valence-electron chi connectivity index (χ1n) is 48.9. The van der Waals surface area contributed by atoms with E-state index in [0.29, 0.717) is 64.9 Å². The van der Waals surface area contributed by atoms with Crippen molar-refractivity contribution >= 4 is 27.6 Å². The van der Waals surface area contributed by atoms with Crippen molar-refractivity contribution in [3.05, 3.63) is 83.5 Å². The number of hydrogen-bond acceptors (Lipinski definition) is 18. The van der Waals surface area contributed by atoms with Crippen molar-refractivity contribution in [2.75, 3.05) is 131 Å². The number of hydrogen-bond donors (Lipinski definition) is 1. The molecule has 2 saturated carbocycles. The van der Waals surface area contributed by atoms with Gasteiger partial charge in [0.25, 0.3) is 0 Å². The fourth-order valence-electron chi connectivity index (χ4n) is 18.6. The van der Waals surface area contributed by atoms with Gasteiger partial charge in [0.05, 0.1) is 25.4 Å². The molecule has 0 radical (unpaired) electrons. The minimum Gasteiger partial charge on any atom is -0.468 e. The van der Waals surface area contributed by atoms with Crippen LogP contribution < -0.4 is 5.32 Å². The van der Waals surface area contributed by atoms with Crippen molar-refractivity contribution in [3.8, 4) is 12.1 Å². The number of methoxy groups -OCH3 is 1. The number of rotatable bonds is 19. The van der Waals surface area contributed by atoms with Gasteiger partial charge in [0, 0.05) is 82.1 Å². The molecule has 0 aromatic carbocycles. The minimum atomic E-state index is -4.36. The summed E-state index contributed by atoms with van der Waals surface area (Å²) in [5.41, 5.74) is 3.14. The fourth-order valence-corrected chi connectivity index (χ4v) is 19.5. The van der Waals surface area contributed by atoms with E-state index in [-0.39, 0.29) is 17.8 Å². The summed E-state index contributed by atoms with van der Waals surface area (Å²) in [6.45, 7) is 62.8. The Morgan fingerprint density at radius 1 is 0.552 bits per heavy atom. The molecule has 0 spiro atoms. The maximum atomic E-state index is 12.6. The highest BCUT2D eigenvalue weighted by atomic mass is 32.2. The molecule has 24 heteroatoms. The number of amides is 2. The number of nitriles is 2. The van der Waals surface area contributed by atoms with Crippen molar-refractivity contribution < 1.29 is 40.7 Å². The van der Waals surface area contributed by atoms with Crippen LogP contribution in [0.25, 0.3) is 0 Å². The Kier molecular flexibility index (Phi) is 48.7. The van der Waals surface area contributed by atoms with Crippen LogP contribution in [0.3, 0.4) is 0 Å². The molecule has 2 amide bonds. The summed E-state index contributed by atoms with van der Waals surface area (Å²) >= 11 is 0. The smallest absolute Gasteiger partial charge is 0.433 e. The Hall–Kier alpha value is -5.73. The van der Waals surface area contributed by atoms with Crippen molar-refractivity contribution in [1.82, 2.24) is 59.6 Å². The summed E-state index contributed by atoms with van der Waals surface area (Å²) in [5, 5.41) is 21.4. The lowest BCUT2D eigenvalue weighted by Gasteiger charge is -2.42. The predicted octanol–water partition coefficient (Wildman–Crippen LogP) is 20.1. The zero-order valence-electron chi connectivity index (χ0n) is 82.0. The van der Waals surface area contributed by atoms with Gasteiger partial charge in [-0.1, -0.05) is 144 Å². The number of pyridine rings is 2. The summed E-state index contributed by atoms with van der Waals surface area (Å²) < 4.78 is 64.4. The SMILES string of the molecule is CC.CC(C)C1(C)CCN(Cc2cncnc2)CC1.CC(C)C1(C)CCNCC1.CC(C)C1CCN(Cc2cccc(C(F)(F)F)n2)CC1.CC(C)C1CCN(Cc2ccnc(C#N)c2)CC1.CC(C)[C@@H]1CCCN(C(=O)C2(C#N)CCC2)C1.CC(C)[C@@H]1CCCN(C(=O)C2CCC2)C1.CC1CCN(CS(C)(=O)=O)CC1.COC(=O)CN1CCC(C(C)C)CC1. The Labute approximate surface area is 758 Å². The summed E-state index contributed by atoms with van der Waals surface area (Å²) in [6.07, 6.45) is 29.9. The molecule has 0 unspecified atom stereocenters. The molecule has 10 fully saturated rings. The summed E-state index contributed by atoms with van der Waals surface area (Å²) in [6, 6.07) is 12.4.